The fourth-order valence-corrected chi connectivity index (χ4v) is 5.57. The van der Waals surface area contributed by atoms with E-state index < -0.39 is 53.8 Å². The van der Waals surface area contributed by atoms with Gasteiger partial charge >= 0.3 is 23.9 Å². The summed E-state index contributed by atoms with van der Waals surface area (Å²) >= 11 is 2.05. The van der Waals surface area contributed by atoms with Crippen LogP contribution in [-0.2, 0) is 52.8 Å². The van der Waals surface area contributed by atoms with Gasteiger partial charge < -0.3 is 37.3 Å². The fraction of sp³-hybridized carbons (Fsp3) is 0.341. The first kappa shape index (κ1) is 51.5. The van der Waals surface area contributed by atoms with Crippen LogP contribution in [0.2, 0.25) is 0 Å². The van der Waals surface area contributed by atoms with Crippen LogP contribution in [0, 0.1) is 11.8 Å². The summed E-state index contributed by atoms with van der Waals surface area (Å²) in [5.41, 5.74) is 19.7. The minimum absolute atomic E-state index is 0.130. The smallest absolute Gasteiger partial charge is 0.320 e. The Hall–Kier alpha value is -5.53. The second-order valence-corrected chi connectivity index (χ2v) is 14.6. The maximum absolute atomic E-state index is 12.0. The number of methoxy groups -OCH3 is 1. The number of nitrogens with two attached hydrogens (primary N) is 3. The Labute approximate surface area is 349 Å². The SMILES string of the molecule is COC(=O)C(C)C(=O)c1ccc(CC(N)C(=O)O)cc1.CSC(=O)C(C)C(=O)c1ccc(CC(N)C(=O)O)cc1.CSC(=O)CC(=O)c1ccc(CC(N)C(=O)O)cc1. The molecular weight excluding hydrogens is 807 g/mol. The summed E-state index contributed by atoms with van der Waals surface area (Å²) in [5.74, 6) is -6.17. The molecule has 5 atom stereocenters. The summed E-state index contributed by atoms with van der Waals surface area (Å²) < 4.78 is 4.52. The number of carboxylic acids is 3. The first-order chi connectivity index (χ1) is 27.7. The number of hydrogen-bond donors (Lipinski definition) is 6. The third-order valence-corrected chi connectivity index (χ3v) is 9.86. The molecule has 0 fully saturated rings. The summed E-state index contributed by atoms with van der Waals surface area (Å²) in [7, 11) is 1.22. The number of rotatable bonds is 18. The van der Waals surface area contributed by atoms with Gasteiger partial charge in [0.1, 0.15) is 24.0 Å². The van der Waals surface area contributed by atoms with Crippen molar-refractivity contribution in [2.24, 2.45) is 29.0 Å². The van der Waals surface area contributed by atoms with Gasteiger partial charge in [0.15, 0.2) is 27.6 Å². The predicted octanol–water partition coefficient (Wildman–Crippen LogP) is 3.09. The average molecular weight is 856 g/mol. The van der Waals surface area contributed by atoms with Gasteiger partial charge in [0.2, 0.25) is 0 Å². The third kappa shape index (κ3) is 17.9. The zero-order chi connectivity index (χ0) is 45.0. The van der Waals surface area contributed by atoms with Gasteiger partial charge in [-0.1, -0.05) is 96.3 Å². The molecule has 9 N–H and O–H groups in total. The van der Waals surface area contributed by atoms with Crippen molar-refractivity contribution < 1.29 is 63.2 Å². The number of esters is 1. The number of ketones is 3. The highest BCUT2D eigenvalue weighted by Crippen LogP contribution is 2.17. The standard InChI is InChI=1S/C14H17NO5.C14H17NO4S.C13H15NO4S/c2*1-8(14(19)20-2)12(16)10-5-3-9(4-6-10)7-11(15)13(17)18;1-19-12(16)7-11(15)9-4-2-8(3-5-9)6-10(14)13(17)18/h2*3-6,8,11H,7,15H2,1-2H3,(H,17,18);2-5,10H,6-7,14H2,1H3,(H,17,18). The van der Waals surface area contributed by atoms with Crippen LogP contribution in [0.3, 0.4) is 0 Å². The van der Waals surface area contributed by atoms with Crippen LogP contribution in [0.5, 0.6) is 0 Å². The minimum Gasteiger partial charge on any atom is -0.480 e. The Morgan fingerprint density at radius 3 is 1.15 bits per heavy atom. The van der Waals surface area contributed by atoms with Crippen LogP contribution in [0.1, 0.15) is 68.0 Å². The molecule has 3 aromatic carbocycles. The van der Waals surface area contributed by atoms with E-state index in [9.17, 15) is 43.2 Å². The number of ether oxygens (including phenoxy) is 1. The number of carbonyl (C=O) groups excluding carboxylic acids is 6. The maximum Gasteiger partial charge on any atom is 0.320 e. The summed E-state index contributed by atoms with van der Waals surface area (Å²) in [6.45, 7) is 3.05. The van der Waals surface area contributed by atoms with Crippen molar-refractivity contribution >= 4 is 75.0 Å². The molecule has 0 saturated heterocycles. The number of benzene rings is 3. The lowest BCUT2D eigenvalue weighted by atomic mass is 9.97. The monoisotopic (exact) mass is 855 g/mol. The molecule has 318 valence electrons. The van der Waals surface area contributed by atoms with Crippen LogP contribution in [0.25, 0.3) is 0 Å². The van der Waals surface area contributed by atoms with Gasteiger partial charge in [0, 0.05) is 16.7 Å². The molecule has 0 heterocycles. The first-order valence-electron chi connectivity index (χ1n) is 17.7. The number of aliphatic carboxylic acids is 3. The van der Waals surface area contributed by atoms with Gasteiger partial charge in [-0.15, -0.1) is 0 Å². The van der Waals surface area contributed by atoms with Crippen molar-refractivity contribution in [1.29, 1.82) is 0 Å². The third-order valence-electron chi connectivity index (χ3n) is 8.50. The predicted molar refractivity (Wildman–Crippen MR) is 222 cm³/mol. The van der Waals surface area contributed by atoms with Crippen molar-refractivity contribution in [2.45, 2.75) is 57.7 Å². The van der Waals surface area contributed by atoms with E-state index >= 15 is 0 Å². The molecule has 0 bridgehead atoms. The molecule has 0 spiro atoms. The van der Waals surface area contributed by atoms with Gasteiger partial charge in [-0.25, -0.2) is 0 Å². The minimum atomic E-state index is -1.08. The molecule has 59 heavy (non-hydrogen) atoms. The molecule has 5 unspecified atom stereocenters. The lowest BCUT2D eigenvalue weighted by molar-refractivity contribution is -0.143. The Morgan fingerprint density at radius 2 is 0.864 bits per heavy atom. The Bertz CT molecular complexity index is 1860. The Morgan fingerprint density at radius 1 is 0.542 bits per heavy atom. The van der Waals surface area contributed by atoms with Crippen molar-refractivity contribution in [3.05, 3.63) is 106 Å². The molecular formula is C41H49N3O13S2. The highest BCUT2D eigenvalue weighted by atomic mass is 32.2. The van der Waals surface area contributed by atoms with Crippen LogP contribution in [-0.4, -0.2) is 105 Å². The van der Waals surface area contributed by atoms with E-state index in [1.54, 1.807) is 92.2 Å². The van der Waals surface area contributed by atoms with Crippen LogP contribution < -0.4 is 17.2 Å². The molecule has 18 heteroatoms. The van der Waals surface area contributed by atoms with Crippen molar-refractivity contribution in [1.82, 2.24) is 0 Å². The molecule has 0 aliphatic carbocycles. The van der Waals surface area contributed by atoms with E-state index in [1.165, 1.54) is 14.0 Å². The van der Waals surface area contributed by atoms with E-state index in [2.05, 4.69) is 4.74 Å². The van der Waals surface area contributed by atoms with E-state index in [0.717, 1.165) is 34.7 Å². The Kier molecular flexibility index (Phi) is 22.5. The molecule has 0 amide bonds. The fourth-order valence-electron chi connectivity index (χ4n) is 4.83. The zero-order valence-electron chi connectivity index (χ0n) is 33.1. The molecule has 0 aliphatic heterocycles. The number of Topliss-reactive ketones (excluding diaryl/α,β-unsaturated/α-hetero) is 3. The van der Waals surface area contributed by atoms with E-state index in [1.807, 2.05) is 0 Å². The Balaban J connectivity index is 0.000000443. The molecule has 0 saturated carbocycles. The summed E-state index contributed by atoms with van der Waals surface area (Å²) in [4.78, 5) is 102. The van der Waals surface area contributed by atoms with Gasteiger partial charge in [-0.05, 0) is 62.3 Å². The van der Waals surface area contributed by atoms with E-state index in [-0.39, 0.29) is 53.3 Å². The van der Waals surface area contributed by atoms with Crippen LogP contribution in [0.15, 0.2) is 72.8 Å². The average Bonchev–Trinajstić information content (AvgIpc) is 3.22. The first-order valence-corrected chi connectivity index (χ1v) is 20.2. The highest BCUT2D eigenvalue weighted by molar-refractivity contribution is 8.13. The zero-order valence-corrected chi connectivity index (χ0v) is 34.7. The summed E-state index contributed by atoms with van der Waals surface area (Å²) in [6.07, 6.45) is 3.72. The van der Waals surface area contributed by atoms with Crippen LogP contribution in [0.4, 0.5) is 0 Å². The number of hydrogen-bond acceptors (Lipinski definition) is 15. The molecule has 3 aromatic rings. The number of carboxylic acid groups (broad SMARTS) is 3. The molecule has 0 aromatic heterocycles. The van der Waals surface area contributed by atoms with Crippen molar-refractivity contribution in [3.8, 4) is 0 Å². The summed E-state index contributed by atoms with van der Waals surface area (Å²) in [5, 5.41) is 25.8. The van der Waals surface area contributed by atoms with Gasteiger partial charge in [-0.3, -0.25) is 43.2 Å². The normalized spacial score (nSPS) is 12.9. The molecule has 3 rings (SSSR count). The van der Waals surface area contributed by atoms with Crippen molar-refractivity contribution in [3.63, 3.8) is 0 Å². The highest BCUT2D eigenvalue weighted by Gasteiger charge is 2.24. The van der Waals surface area contributed by atoms with Crippen LogP contribution >= 0.6 is 23.5 Å². The maximum atomic E-state index is 12.0. The van der Waals surface area contributed by atoms with Crippen molar-refractivity contribution in [2.75, 3.05) is 19.6 Å². The molecule has 0 aliphatic rings. The van der Waals surface area contributed by atoms with E-state index in [0.29, 0.717) is 22.3 Å². The molecule has 16 nitrogen and oxygen atoms in total. The largest absolute Gasteiger partial charge is 0.480 e. The molecule has 0 radical (unpaired) electrons. The second-order valence-electron chi connectivity index (χ2n) is 12.9. The van der Waals surface area contributed by atoms with Gasteiger partial charge in [0.05, 0.1) is 19.4 Å². The number of thioether (sulfide) groups is 2. The lowest BCUT2D eigenvalue weighted by Crippen LogP contribution is -2.32. The second kappa shape index (κ2) is 25.8. The van der Waals surface area contributed by atoms with Gasteiger partial charge in [0.25, 0.3) is 0 Å². The topological polar surface area (TPSA) is 302 Å². The summed E-state index contributed by atoms with van der Waals surface area (Å²) in [6, 6.07) is 16.4. The van der Waals surface area contributed by atoms with E-state index in [4.69, 9.17) is 32.5 Å². The van der Waals surface area contributed by atoms with Gasteiger partial charge in [-0.2, -0.15) is 0 Å². The lowest BCUT2D eigenvalue weighted by Gasteiger charge is -2.10. The quantitative estimate of drug-likeness (QED) is 0.0608. The number of carbonyl (C=O) groups is 9.